The topological polar surface area (TPSA) is 56.5 Å². The van der Waals surface area contributed by atoms with Gasteiger partial charge in [0, 0.05) is 0 Å². The van der Waals surface area contributed by atoms with Crippen molar-refractivity contribution in [3.05, 3.63) is 108 Å². The zero-order chi connectivity index (χ0) is 29.7. The molecule has 0 bridgehead atoms. The van der Waals surface area contributed by atoms with Crippen LogP contribution in [0, 0.1) is 11.3 Å². The molecule has 1 atom stereocenters. The monoisotopic (exact) mass is 579 g/mol. The fourth-order valence-electron chi connectivity index (χ4n) is 5.56. The molecule has 1 N–H and O–H groups in total. The van der Waals surface area contributed by atoms with Crippen LogP contribution in [-0.4, -0.2) is 40.1 Å². The summed E-state index contributed by atoms with van der Waals surface area (Å²) in [6.45, 7) is 7.33. The predicted octanol–water partition coefficient (Wildman–Crippen LogP) is 8.81. The fraction of sp³-hybridized carbons (Fsp3) is 0.441. The molecule has 1 unspecified atom stereocenters. The van der Waals surface area contributed by atoms with Crippen molar-refractivity contribution >= 4 is 19.6 Å². The van der Waals surface area contributed by atoms with Crippen LogP contribution in [0.25, 0.3) is 0 Å². The molecular formula is C34H47N2O2PS. The van der Waals surface area contributed by atoms with E-state index in [4.69, 9.17) is 11.2 Å². The van der Waals surface area contributed by atoms with Gasteiger partial charge in [-0.2, -0.15) is 0 Å². The molecule has 3 rings (SSSR count). The van der Waals surface area contributed by atoms with Crippen LogP contribution in [0.2, 0.25) is 0 Å². The van der Waals surface area contributed by atoms with Crippen LogP contribution < -0.4 is 0 Å². The first-order valence-corrected chi connectivity index (χ1v) is 17.5. The molecule has 0 saturated heterocycles. The molecule has 0 aliphatic rings. The van der Waals surface area contributed by atoms with Crippen molar-refractivity contribution in [2.75, 3.05) is 18.5 Å². The summed E-state index contributed by atoms with van der Waals surface area (Å²) in [6, 6.07) is 34.6. The number of benzene rings is 3. The Labute approximate surface area is 248 Å². The summed E-state index contributed by atoms with van der Waals surface area (Å²) in [5, 5.41) is 9.16. The molecule has 216 valence electrons. The molecule has 6 heteroatoms. The summed E-state index contributed by atoms with van der Waals surface area (Å²) < 4.78 is 16.4. The van der Waals surface area contributed by atoms with Crippen molar-refractivity contribution in [2.45, 2.75) is 76.6 Å². The Balaban J connectivity index is 1.66. The van der Waals surface area contributed by atoms with Gasteiger partial charge in [0.15, 0.2) is 0 Å². The number of nitrogens with zero attached hydrogens (tertiary/aromatic N) is 2. The second-order valence-electron chi connectivity index (χ2n) is 10.8. The van der Waals surface area contributed by atoms with E-state index in [1.165, 1.54) is 16.7 Å². The van der Waals surface area contributed by atoms with Gasteiger partial charge in [-0.25, -0.2) is 0 Å². The van der Waals surface area contributed by atoms with Crippen molar-refractivity contribution in [1.82, 2.24) is 4.67 Å². The van der Waals surface area contributed by atoms with Gasteiger partial charge in [-0.1, -0.05) is 18.2 Å². The van der Waals surface area contributed by atoms with Gasteiger partial charge < -0.3 is 0 Å². The third kappa shape index (κ3) is 8.41. The summed E-state index contributed by atoms with van der Waals surface area (Å²) in [7, 11) is -3.38. The van der Waals surface area contributed by atoms with Gasteiger partial charge in [0.05, 0.1) is 0 Å². The average molecular weight is 580 g/mol. The summed E-state index contributed by atoms with van der Waals surface area (Å²) >= 11 is 1.97. The number of hydrogen-bond acceptors (Lipinski definition) is 5. The van der Waals surface area contributed by atoms with Crippen LogP contribution in [-0.2, 0) is 9.27 Å². The Morgan fingerprint density at radius 3 is 1.70 bits per heavy atom. The normalized spacial score (nSPS) is 13.8. The SMILES string of the molecule is [2H]C(CCCCCSC(c1ccccc1)(c1ccccc1)c1ccccc1)O[PH](O)(CCC#N)N(C(C)C)C(C)C. The number of hydrogen-bond donors (Lipinski definition) is 1. The number of rotatable bonds is 17. The first-order chi connectivity index (χ1) is 19.7. The first-order valence-electron chi connectivity index (χ1n) is 15.1. The second kappa shape index (κ2) is 16.3. The van der Waals surface area contributed by atoms with E-state index in [0.29, 0.717) is 12.6 Å². The minimum atomic E-state index is -3.38. The molecule has 3 aromatic rings. The molecule has 0 aliphatic carbocycles. The van der Waals surface area contributed by atoms with Gasteiger partial charge in [0.2, 0.25) is 0 Å². The van der Waals surface area contributed by atoms with Gasteiger partial charge in [0.1, 0.15) is 0 Å². The zero-order valence-corrected chi connectivity index (χ0v) is 26.3. The Morgan fingerprint density at radius 2 is 1.27 bits per heavy atom. The van der Waals surface area contributed by atoms with Crippen molar-refractivity contribution in [2.24, 2.45) is 0 Å². The molecule has 0 aliphatic heterocycles. The molecular weight excluding hydrogens is 531 g/mol. The van der Waals surface area contributed by atoms with E-state index in [2.05, 4.69) is 97.1 Å². The molecule has 0 fully saturated rings. The molecule has 40 heavy (non-hydrogen) atoms. The van der Waals surface area contributed by atoms with E-state index < -0.39 is 14.5 Å². The number of thioether (sulfide) groups is 1. The van der Waals surface area contributed by atoms with Crippen LogP contribution >= 0.6 is 19.6 Å². The van der Waals surface area contributed by atoms with E-state index in [9.17, 15) is 4.89 Å². The summed E-state index contributed by atoms with van der Waals surface area (Å²) in [6.07, 6.45) is 3.96. The average Bonchev–Trinajstić information content (AvgIpc) is 2.97. The Hall–Kier alpha value is -2.19. The van der Waals surface area contributed by atoms with Crippen molar-refractivity contribution < 1.29 is 10.8 Å². The molecule has 0 radical (unpaired) electrons. The molecule has 0 heterocycles. The van der Waals surface area contributed by atoms with Crippen LogP contribution in [0.4, 0.5) is 0 Å². The minimum absolute atomic E-state index is 0.0775. The third-order valence-electron chi connectivity index (χ3n) is 7.18. The van der Waals surface area contributed by atoms with Crippen molar-refractivity contribution in [3.63, 3.8) is 0 Å². The molecule has 0 saturated carbocycles. The summed E-state index contributed by atoms with van der Waals surface area (Å²) in [5.41, 5.74) is 3.80. The molecule has 4 nitrogen and oxygen atoms in total. The maximum atomic E-state index is 11.5. The van der Waals surface area contributed by atoms with Gasteiger partial charge in [-0.05, 0) is 0 Å². The Kier molecular flexibility index (Phi) is 12.5. The van der Waals surface area contributed by atoms with E-state index in [1.807, 2.05) is 44.1 Å². The fourth-order valence-corrected chi connectivity index (χ4v) is 10.1. The Bertz CT molecular complexity index is 1090. The van der Waals surface area contributed by atoms with Crippen molar-refractivity contribution in [1.29, 1.82) is 5.26 Å². The van der Waals surface area contributed by atoms with Gasteiger partial charge in [0.25, 0.3) is 0 Å². The number of nitriles is 1. The zero-order valence-electron chi connectivity index (χ0n) is 25.5. The molecule has 3 aromatic carbocycles. The van der Waals surface area contributed by atoms with E-state index in [-0.39, 0.29) is 23.3 Å². The van der Waals surface area contributed by atoms with Gasteiger partial charge >= 0.3 is 231 Å². The quantitative estimate of drug-likeness (QED) is 0.0984. The van der Waals surface area contributed by atoms with Crippen LogP contribution in [0.3, 0.4) is 0 Å². The van der Waals surface area contributed by atoms with Gasteiger partial charge in [-0.15, -0.1) is 0 Å². The standard InChI is InChI=1S/C34H47N2O2PS/c1-29(2)36(30(3)4)39(37,27-18-25-35)38-26-16-5-6-17-28-40-34(31-19-10-7-11-20-31,32-21-12-8-13-22-32)33-23-14-9-15-24-33/h7-15,19-24,29-30,37,39H,5-6,16-18,26-28H2,1-4H3/i26D. The predicted molar refractivity (Wildman–Crippen MR) is 174 cm³/mol. The Morgan fingerprint density at radius 1 is 0.825 bits per heavy atom. The summed E-state index contributed by atoms with van der Waals surface area (Å²) in [5.74, 6) is 0.970. The molecule has 0 aromatic heterocycles. The van der Waals surface area contributed by atoms with E-state index in [0.717, 1.165) is 25.0 Å². The number of unbranched alkanes of at least 4 members (excludes halogenated alkanes) is 2. The second-order valence-corrected chi connectivity index (χ2v) is 14.8. The van der Waals surface area contributed by atoms with Crippen LogP contribution in [0.1, 0.15) is 77.9 Å². The molecule has 0 amide bonds. The van der Waals surface area contributed by atoms with E-state index >= 15 is 0 Å². The third-order valence-corrected chi connectivity index (χ3v) is 12.1. The van der Waals surface area contributed by atoms with Crippen LogP contribution in [0.5, 0.6) is 0 Å². The first kappa shape index (κ1) is 30.8. The van der Waals surface area contributed by atoms with E-state index in [1.54, 1.807) is 0 Å². The summed E-state index contributed by atoms with van der Waals surface area (Å²) in [4.78, 5) is 11.5. The van der Waals surface area contributed by atoms with Gasteiger partial charge in [-0.3, -0.25) is 0 Å². The maximum absolute atomic E-state index is 11.5. The van der Waals surface area contributed by atoms with Crippen molar-refractivity contribution in [3.8, 4) is 6.07 Å². The molecule has 0 spiro atoms. The van der Waals surface area contributed by atoms with Crippen LogP contribution in [0.15, 0.2) is 91.0 Å².